The van der Waals surface area contributed by atoms with Crippen LogP contribution >= 0.6 is 0 Å². The summed E-state index contributed by atoms with van der Waals surface area (Å²) < 4.78 is 30.0. The monoisotopic (exact) mass is 242 g/mol. The molecule has 0 aliphatic carbocycles. The van der Waals surface area contributed by atoms with Gasteiger partial charge in [0.15, 0.2) is 0 Å². The Balaban J connectivity index is 0.000000686. The lowest BCUT2D eigenvalue weighted by atomic mass is 10.2. The van der Waals surface area contributed by atoms with Crippen molar-refractivity contribution in [1.29, 1.82) is 0 Å². The maximum absolute atomic E-state index is 12.0. The summed E-state index contributed by atoms with van der Waals surface area (Å²) in [5.41, 5.74) is 1.70. The van der Waals surface area contributed by atoms with E-state index in [1.165, 1.54) is 6.07 Å². The van der Waals surface area contributed by atoms with Crippen LogP contribution in [0.5, 0.6) is 5.75 Å². The molecule has 0 spiro atoms. The first-order chi connectivity index (χ1) is 8.08. The van der Waals surface area contributed by atoms with Crippen molar-refractivity contribution in [2.24, 2.45) is 7.05 Å². The molecule has 1 heterocycles. The predicted molar refractivity (Wildman–Crippen MR) is 63.4 cm³/mol. The van der Waals surface area contributed by atoms with E-state index in [-0.39, 0.29) is 5.75 Å². The highest BCUT2D eigenvalue weighted by molar-refractivity contribution is 5.83. The molecule has 0 saturated heterocycles. The van der Waals surface area contributed by atoms with E-state index < -0.39 is 6.61 Å². The molecule has 5 heteroatoms. The number of rotatable bonds is 2. The zero-order valence-electron chi connectivity index (χ0n) is 10.4. The van der Waals surface area contributed by atoms with E-state index in [0.717, 1.165) is 16.6 Å². The van der Waals surface area contributed by atoms with E-state index in [0.29, 0.717) is 0 Å². The van der Waals surface area contributed by atoms with Crippen molar-refractivity contribution in [2.75, 3.05) is 0 Å². The highest BCUT2D eigenvalue weighted by Crippen LogP contribution is 2.24. The number of alkyl halides is 2. The zero-order valence-corrected chi connectivity index (χ0v) is 10.4. The van der Waals surface area contributed by atoms with Gasteiger partial charge in [0.1, 0.15) is 5.75 Å². The molecule has 17 heavy (non-hydrogen) atoms. The van der Waals surface area contributed by atoms with E-state index in [1.807, 2.05) is 27.8 Å². The predicted octanol–water partition coefficient (Wildman–Crippen LogP) is 3.51. The molecule has 0 atom stereocenters. The molecule has 0 radical (unpaired) electrons. The third-order valence-electron chi connectivity index (χ3n) is 2.23. The standard InChI is InChI=1S/C10H10F2N2O.C2H6/c1-6-8-5-7(15-10(11)12)3-4-9(8)14(2)13-6;1-2/h3-5,10H,1-2H3;1-2H3. The van der Waals surface area contributed by atoms with E-state index in [2.05, 4.69) is 9.84 Å². The molecule has 0 bridgehead atoms. The Kier molecular flexibility index (Phi) is 4.43. The van der Waals surface area contributed by atoms with Crippen molar-refractivity contribution >= 4 is 10.9 Å². The average molecular weight is 242 g/mol. The van der Waals surface area contributed by atoms with Crippen LogP contribution in [0.3, 0.4) is 0 Å². The number of aromatic nitrogens is 2. The summed E-state index contributed by atoms with van der Waals surface area (Å²) in [6, 6.07) is 4.80. The van der Waals surface area contributed by atoms with Gasteiger partial charge in [0, 0.05) is 12.4 Å². The van der Waals surface area contributed by atoms with Crippen LogP contribution in [0.1, 0.15) is 19.5 Å². The van der Waals surface area contributed by atoms with E-state index in [9.17, 15) is 8.78 Å². The minimum absolute atomic E-state index is 0.161. The lowest BCUT2D eigenvalue weighted by Gasteiger charge is -2.03. The maximum Gasteiger partial charge on any atom is 0.387 e. The number of hydrogen-bond acceptors (Lipinski definition) is 2. The van der Waals surface area contributed by atoms with Gasteiger partial charge in [0.2, 0.25) is 0 Å². The summed E-state index contributed by atoms with van der Waals surface area (Å²) in [7, 11) is 1.81. The number of hydrogen-bond donors (Lipinski definition) is 0. The van der Waals surface area contributed by atoms with Crippen LogP contribution in [0.4, 0.5) is 8.78 Å². The van der Waals surface area contributed by atoms with Crippen molar-refractivity contribution in [3.05, 3.63) is 23.9 Å². The van der Waals surface area contributed by atoms with Crippen LogP contribution in [0, 0.1) is 6.92 Å². The first-order valence-corrected chi connectivity index (χ1v) is 5.46. The summed E-state index contributed by atoms with van der Waals surface area (Å²) in [6.07, 6.45) is 0. The second-order valence-electron chi connectivity index (χ2n) is 3.27. The number of nitrogens with zero attached hydrogens (tertiary/aromatic N) is 2. The van der Waals surface area contributed by atoms with Crippen molar-refractivity contribution in [1.82, 2.24) is 9.78 Å². The van der Waals surface area contributed by atoms with Crippen LogP contribution in [-0.2, 0) is 7.05 Å². The van der Waals surface area contributed by atoms with Crippen molar-refractivity contribution in [3.8, 4) is 5.75 Å². The Labute approximate surface area is 99.0 Å². The first-order valence-electron chi connectivity index (χ1n) is 5.46. The molecular formula is C12H16F2N2O. The second-order valence-corrected chi connectivity index (χ2v) is 3.27. The van der Waals surface area contributed by atoms with E-state index in [1.54, 1.807) is 16.8 Å². The Morgan fingerprint density at radius 3 is 2.53 bits per heavy atom. The van der Waals surface area contributed by atoms with Gasteiger partial charge >= 0.3 is 6.61 Å². The summed E-state index contributed by atoms with van der Waals surface area (Å²) in [4.78, 5) is 0. The number of halogens is 2. The van der Waals surface area contributed by atoms with E-state index in [4.69, 9.17) is 0 Å². The second kappa shape index (κ2) is 5.61. The highest BCUT2D eigenvalue weighted by atomic mass is 19.3. The van der Waals surface area contributed by atoms with Gasteiger partial charge in [0.05, 0.1) is 11.2 Å². The Morgan fingerprint density at radius 2 is 1.94 bits per heavy atom. The van der Waals surface area contributed by atoms with Crippen LogP contribution < -0.4 is 4.74 Å². The fourth-order valence-corrected chi connectivity index (χ4v) is 1.60. The normalized spacial score (nSPS) is 10.3. The average Bonchev–Trinajstić information content (AvgIpc) is 2.56. The topological polar surface area (TPSA) is 27.1 Å². The van der Waals surface area contributed by atoms with Gasteiger partial charge in [0.25, 0.3) is 0 Å². The van der Waals surface area contributed by atoms with Gasteiger partial charge in [-0.3, -0.25) is 4.68 Å². The Morgan fingerprint density at radius 1 is 1.29 bits per heavy atom. The fourth-order valence-electron chi connectivity index (χ4n) is 1.60. The number of aryl methyl sites for hydroxylation is 2. The SMILES string of the molecule is CC.Cc1nn(C)c2ccc(OC(F)F)cc12. The Bertz CT molecular complexity index is 494. The minimum Gasteiger partial charge on any atom is -0.435 e. The fraction of sp³-hybridized carbons (Fsp3) is 0.417. The quantitative estimate of drug-likeness (QED) is 0.805. The summed E-state index contributed by atoms with van der Waals surface area (Å²) in [5.74, 6) is 0.161. The summed E-state index contributed by atoms with van der Waals surface area (Å²) in [5, 5.41) is 5.01. The van der Waals surface area contributed by atoms with Crippen LogP contribution in [-0.4, -0.2) is 16.4 Å². The summed E-state index contributed by atoms with van der Waals surface area (Å²) >= 11 is 0. The van der Waals surface area contributed by atoms with Crippen LogP contribution in [0.25, 0.3) is 10.9 Å². The minimum atomic E-state index is -2.79. The number of benzene rings is 1. The lowest BCUT2D eigenvalue weighted by Crippen LogP contribution is -2.01. The summed E-state index contributed by atoms with van der Waals surface area (Å²) in [6.45, 7) is 3.04. The molecule has 0 amide bonds. The van der Waals surface area contributed by atoms with Gasteiger partial charge in [-0.15, -0.1) is 0 Å². The molecule has 0 aliphatic heterocycles. The van der Waals surface area contributed by atoms with Crippen molar-refractivity contribution in [2.45, 2.75) is 27.4 Å². The van der Waals surface area contributed by atoms with Gasteiger partial charge in [-0.05, 0) is 25.1 Å². The molecule has 94 valence electrons. The largest absolute Gasteiger partial charge is 0.435 e. The van der Waals surface area contributed by atoms with Gasteiger partial charge in [-0.25, -0.2) is 0 Å². The molecule has 0 fully saturated rings. The molecule has 2 aromatic rings. The Hall–Kier alpha value is -1.65. The van der Waals surface area contributed by atoms with Crippen molar-refractivity contribution < 1.29 is 13.5 Å². The lowest BCUT2D eigenvalue weighted by molar-refractivity contribution is -0.0497. The molecule has 0 N–H and O–H groups in total. The highest BCUT2D eigenvalue weighted by Gasteiger charge is 2.08. The van der Waals surface area contributed by atoms with Crippen molar-refractivity contribution in [3.63, 3.8) is 0 Å². The molecule has 3 nitrogen and oxygen atoms in total. The van der Waals surface area contributed by atoms with Crippen LogP contribution in [0.15, 0.2) is 18.2 Å². The third kappa shape index (κ3) is 2.93. The van der Waals surface area contributed by atoms with Crippen LogP contribution in [0.2, 0.25) is 0 Å². The molecular weight excluding hydrogens is 226 g/mol. The molecule has 0 saturated carbocycles. The molecule has 0 unspecified atom stereocenters. The molecule has 0 aliphatic rings. The van der Waals surface area contributed by atoms with Gasteiger partial charge < -0.3 is 4.74 Å². The number of ether oxygens (including phenoxy) is 1. The van der Waals surface area contributed by atoms with Gasteiger partial charge in [-0.2, -0.15) is 13.9 Å². The third-order valence-corrected chi connectivity index (χ3v) is 2.23. The smallest absolute Gasteiger partial charge is 0.387 e. The zero-order chi connectivity index (χ0) is 13.0. The molecule has 1 aromatic heterocycles. The molecule has 2 rings (SSSR count). The first kappa shape index (κ1) is 13.4. The van der Waals surface area contributed by atoms with Gasteiger partial charge in [-0.1, -0.05) is 13.8 Å². The molecule has 1 aromatic carbocycles. The number of fused-ring (bicyclic) bond motifs is 1. The van der Waals surface area contributed by atoms with E-state index >= 15 is 0 Å². The maximum atomic E-state index is 12.0.